The number of hydrogen-bond acceptors (Lipinski definition) is 3. The highest BCUT2D eigenvalue weighted by Gasteiger charge is 2.29. The number of carbonyl (C=O) groups is 1. The first-order valence-electron chi connectivity index (χ1n) is 5.52. The van der Waals surface area contributed by atoms with Gasteiger partial charge in [0.1, 0.15) is 11.3 Å². The number of nitrogens with two attached hydrogens (primary N) is 1. The van der Waals surface area contributed by atoms with Crippen LogP contribution in [-0.4, -0.2) is 16.2 Å². The predicted octanol–water partition coefficient (Wildman–Crippen LogP) is 3.07. The number of aromatic hydroxyl groups is 1. The average molecular weight is 337 g/mol. The van der Waals surface area contributed by atoms with Crippen molar-refractivity contribution in [2.24, 2.45) is 11.7 Å². The Labute approximate surface area is 120 Å². The summed E-state index contributed by atoms with van der Waals surface area (Å²) in [7, 11) is 0. The molecule has 1 aliphatic carbocycles. The Balaban J connectivity index is 0.00000162. The van der Waals surface area contributed by atoms with Crippen LogP contribution in [0.5, 0.6) is 5.75 Å². The Hall–Kier alpha value is -0.780. The molecule has 0 aliphatic heterocycles. The van der Waals surface area contributed by atoms with Crippen molar-refractivity contribution in [3.05, 3.63) is 27.7 Å². The summed E-state index contributed by atoms with van der Waals surface area (Å²) in [5.41, 5.74) is 6.47. The van der Waals surface area contributed by atoms with Gasteiger partial charge in [0.25, 0.3) is 0 Å². The molecule has 4 N–H and O–H groups in total. The third-order valence-corrected chi connectivity index (χ3v) is 3.81. The monoisotopic (exact) mass is 335 g/mol. The van der Waals surface area contributed by atoms with Gasteiger partial charge in [-0.25, -0.2) is 4.79 Å². The number of aromatic carboxylic acids is 1. The van der Waals surface area contributed by atoms with Gasteiger partial charge in [-0.3, -0.25) is 0 Å². The van der Waals surface area contributed by atoms with Crippen molar-refractivity contribution in [3.8, 4) is 5.75 Å². The van der Waals surface area contributed by atoms with Crippen molar-refractivity contribution < 1.29 is 15.0 Å². The molecule has 0 amide bonds. The minimum atomic E-state index is -1.15. The zero-order valence-electron chi connectivity index (χ0n) is 9.60. The highest BCUT2D eigenvalue weighted by molar-refractivity contribution is 9.10. The molecule has 2 rings (SSSR count). The number of benzene rings is 1. The Bertz CT molecular complexity index is 463. The van der Waals surface area contributed by atoms with Crippen LogP contribution in [0.3, 0.4) is 0 Å². The maximum Gasteiger partial charge on any atom is 0.339 e. The molecule has 18 heavy (non-hydrogen) atoms. The molecule has 0 saturated heterocycles. The van der Waals surface area contributed by atoms with Crippen LogP contribution in [0.2, 0.25) is 0 Å². The molecule has 0 radical (unpaired) electrons. The molecule has 1 aliphatic rings. The largest absolute Gasteiger partial charge is 0.507 e. The van der Waals surface area contributed by atoms with Crippen LogP contribution in [0, 0.1) is 5.92 Å². The van der Waals surface area contributed by atoms with Gasteiger partial charge in [0, 0.05) is 16.1 Å². The van der Waals surface area contributed by atoms with E-state index in [1.165, 1.54) is 6.07 Å². The molecule has 6 heteroatoms. The molecule has 1 aromatic carbocycles. The lowest BCUT2D eigenvalue weighted by atomic mass is 9.77. The third kappa shape index (κ3) is 2.79. The van der Waals surface area contributed by atoms with E-state index in [0.29, 0.717) is 16.0 Å². The van der Waals surface area contributed by atoms with Crippen LogP contribution in [0.25, 0.3) is 0 Å². The molecule has 0 aromatic heterocycles. The highest BCUT2D eigenvalue weighted by Crippen LogP contribution is 2.41. The number of hydrogen-bond donors (Lipinski definition) is 3. The van der Waals surface area contributed by atoms with Crippen LogP contribution in [0.4, 0.5) is 0 Å². The zero-order chi connectivity index (χ0) is 12.6. The van der Waals surface area contributed by atoms with Crippen molar-refractivity contribution in [2.75, 3.05) is 0 Å². The van der Waals surface area contributed by atoms with Crippen molar-refractivity contribution in [2.45, 2.75) is 25.3 Å². The van der Waals surface area contributed by atoms with Crippen LogP contribution < -0.4 is 5.73 Å². The summed E-state index contributed by atoms with van der Waals surface area (Å²) in [6.45, 7) is 0. The standard InChI is InChI=1S/C12H14BrNO3.ClH/c13-7-4-8(10(14)6-2-1-3-6)11(15)9(5-7)12(16)17;/h4-6,10,15H,1-3,14H2,(H,16,17);1H/t10-;/m0./s1. The number of carboxylic acid groups (broad SMARTS) is 1. The predicted molar refractivity (Wildman–Crippen MR) is 74.3 cm³/mol. The van der Waals surface area contributed by atoms with Crippen molar-refractivity contribution in [3.63, 3.8) is 0 Å². The van der Waals surface area contributed by atoms with Gasteiger partial charge in [-0.05, 0) is 30.9 Å². The van der Waals surface area contributed by atoms with E-state index in [9.17, 15) is 9.90 Å². The van der Waals surface area contributed by atoms with E-state index < -0.39 is 5.97 Å². The van der Waals surface area contributed by atoms with Crippen LogP contribution in [0.15, 0.2) is 16.6 Å². The van der Waals surface area contributed by atoms with Gasteiger partial charge >= 0.3 is 5.97 Å². The molecule has 1 saturated carbocycles. The summed E-state index contributed by atoms with van der Waals surface area (Å²) in [6.07, 6.45) is 3.23. The SMILES string of the molecule is Cl.N[C@H](c1cc(Br)cc(C(=O)O)c1O)C1CCC1. The minimum absolute atomic E-state index is 0. The van der Waals surface area contributed by atoms with E-state index in [2.05, 4.69) is 15.9 Å². The molecular formula is C12H15BrClNO3. The molecule has 0 heterocycles. The molecule has 4 nitrogen and oxygen atoms in total. The maximum atomic E-state index is 11.0. The second kappa shape index (κ2) is 5.91. The number of rotatable bonds is 3. The third-order valence-electron chi connectivity index (χ3n) is 3.35. The van der Waals surface area contributed by atoms with Gasteiger partial charge in [0.2, 0.25) is 0 Å². The first kappa shape index (κ1) is 15.3. The summed E-state index contributed by atoms with van der Waals surface area (Å²) in [6, 6.07) is 2.79. The van der Waals surface area contributed by atoms with Gasteiger partial charge in [-0.2, -0.15) is 0 Å². The molecule has 1 fully saturated rings. The van der Waals surface area contributed by atoms with Gasteiger partial charge < -0.3 is 15.9 Å². The fourth-order valence-electron chi connectivity index (χ4n) is 2.09. The first-order valence-corrected chi connectivity index (χ1v) is 6.31. The lowest BCUT2D eigenvalue weighted by Crippen LogP contribution is -2.27. The van der Waals surface area contributed by atoms with E-state index in [1.54, 1.807) is 6.07 Å². The molecular weight excluding hydrogens is 321 g/mol. The maximum absolute atomic E-state index is 11.0. The van der Waals surface area contributed by atoms with Crippen molar-refractivity contribution >= 4 is 34.3 Å². The molecule has 1 aromatic rings. The van der Waals surface area contributed by atoms with E-state index in [-0.39, 0.29) is 29.8 Å². The number of phenols is 1. The Morgan fingerprint density at radius 2 is 2.06 bits per heavy atom. The Morgan fingerprint density at radius 3 is 2.50 bits per heavy atom. The summed E-state index contributed by atoms with van der Waals surface area (Å²) in [4.78, 5) is 11.0. The minimum Gasteiger partial charge on any atom is -0.507 e. The Morgan fingerprint density at radius 1 is 1.44 bits per heavy atom. The average Bonchev–Trinajstić information content (AvgIpc) is 2.17. The zero-order valence-corrected chi connectivity index (χ0v) is 12.0. The van der Waals surface area contributed by atoms with E-state index in [4.69, 9.17) is 10.8 Å². The van der Waals surface area contributed by atoms with Crippen LogP contribution in [0.1, 0.15) is 41.2 Å². The van der Waals surface area contributed by atoms with Crippen molar-refractivity contribution in [1.82, 2.24) is 0 Å². The smallest absolute Gasteiger partial charge is 0.339 e. The fraction of sp³-hybridized carbons (Fsp3) is 0.417. The lowest BCUT2D eigenvalue weighted by Gasteiger charge is -2.32. The Kier molecular flexibility index (Phi) is 5.01. The van der Waals surface area contributed by atoms with Crippen molar-refractivity contribution in [1.29, 1.82) is 0 Å². The van der Waals surface area contributed by atoms with Gasteiger partial charge in [-0.1, -0.05) is 22.4 Å². The van der Waals surface area contributed by atoms with E-state index in [0.717, 1.165) is 19.3 Å². The summed E-state index contributed by atoms with van der Waals surface area (Å²) < 4.78 is 0.623. The normalized spacial score (nSPS) is 16.6. The number of halogens is 2. The quantitative estimate of drug-likeness (QED) is 0.792. The summed E-state index contributed by atoms with van der Waals surface area (Å²) >= 11 is 3.24. The van der Waals surface area contributed by atoms with Crippen LogP contribution >= 0.6 is 28.3 Å². The molecule has 0 unspecified atom stereocenters. The molecule has 1 atom stereocenters. The highest BCUT2D eigenvalue weighted by atomic mass is 79.9. The summed E-state index contributed by atoms with van der Waals surface area (Å²) in [5, 5.41) is 18.9. The lowest BCUT2D eigenvalue weighted by molar-refractivity contribution is 0.0693. The van der Waals surface area contributed by atoms with Crippen LogP contribution in [-0.2, 0) is 0 Å². The molecule has 0 bridgehead atoms. The van der Waals surface area contributed by atoms with Gasteiger partial charge in [0.05, 0.1) is 0 Å². The van der Waals surface area contributed by atoms with E-state index >= 15 is 0 Å². The fourth-order valence-corrected chi connectivity index (χ4v) is 2.57. The van der Waals surface area contributed by atoms with Gasteiger partial charge in [0.15, 0.2) is 0 Å². The second-order valence-electron chi connectivity index (χ2n) is 4.41. The molecule has 0 spiro atoms. The summed E-state index contributed by atoms with van der Waals surface area (Å²) in [5.74, 6) is -1.01. The number of carboxylic acids is 1. The van der Waals surface area contributed by atoms with Gasteiger partial charge in [-0.15, -0.1) is 12.4 Å². The second-order valence-corrected chi connectivity index (χ2v) is 5.33. The first-order chi connectivity index (χ1) is 8.00. The topological polar surface area (TPSA) is 83.6 Å². The van der Waals surface area contributed by atoms with E-state index in [1.807, 2.05) is 0 Å². The molecule has 100 valence electrons.